The highest BCUT2D eigenvalue weighted by Crippen LogP contribution is 2.35. The normalized spacial score (nSPS) is 13.1. The van der Waals surface area contributed by atoms with Gasteiger partial charge in [0, 0.05) is 17.1 Å². The summed E-state index contributed by atoms with van der Waals surface area (Å²) in [5.74, 6) is -0.0502. The molecule has 112 valence electrons. The molecule has 0 aliphatic heterocycles. The third kappa shape index (κ3) is 4.61. The van der Waals surface area contributed by atoms with Gasteiger partial charge in [-0.15, -0.1) is 11.8 Å². The van der Waals surface area contributed by atoms with Gasteiger partial charge in [0.15, 0.2) is 0 Å². The topological polar surface area (TPSA) is 75.3 Å². The molecule has 0 aliphatic carbocycles. The van der Waals surface area contributed by atoms with E-state index in [0.29, 0.717) is 5.75 Å². The Hall–Kier alpha value is -1.41. The Morgan fingerprint density at radius 3 is 2.70 bits per heavy atom. The highest BCUT2D eigenvalue weighted by molar-refractivity contribution is 8.00. The van der Waals surface area contributed by atoms with Crippen LogP contribution < -0.4 is 11.1 Å². The Morgan fingerprint density at radius 2 is 2.15 bits per heavy atom. The minimum absolute atomic E-state index is 0.0352. The average Bonchev–Trinajstić information content (AvgIpc) is 2.36. The summed E-state index contributed by atoms with van der Waals surface area (Å²) in [7, 11) is 0. The molecular formula is C12H15F3N2O2S. The molecule has 0 aliphatic rings. The standard InChI is InChI=1S/C12H15F3N2O2S/c1-7(20-5-4-18)11(19)17-8-2-3-10(16)9(6-8)12(13,14)15/h2-3,6-7,18H,4-5,16H2,1H3,(H,17,19). The number of hydrogen-bond acceptors (Lipinski definition) is 4. The Bertz CT molecular complexity index is 480. The fraction of sp³-hybridized carbons (Fsp3) is 0.417. The van der Waals surface area contributed by atoms with E-state index in [-0.39, 0.29) is 12.3 Å². The van der Waals surface area contributed by atoms with Crippen LogP contribution in [0.5, 0.6) is 0 Å². The highest BCUT2D eigenvalue weighted by Gasteiger charge is 2.33. The van der Waals surface area contributed by atoms with Gasteiger partial charge in [-0.2, -0.15) is 13.2 Å². The van der Waals surface area contributed by atoms with Crippen molar-refractivity contribution < 1.29 is 23.1 Å². The lowest BCUT2D eigenvalue weighted by atomic mass is 10.1. The number of nitrogens with two attached hydrogens (primary N) is 1. The van der Waals surface area contributed by atoms with Crippen LogP contribution in [0.2, 0.25) is 0 Å². The van der Waals surface area contributed by atoms with Gasteiger partial charge in [-0.1, -0.05) is 0 Å². The van der Waals surface area contributed by atoms with E-state index in [1.165, 1.54) is 17.8 Å². The summed E-state index contributed by atoms with van der Waals surface area (Å²) >= 11 is 1.21. The third-order valence-corrected chi connectivity index (χ3v) is 3.59. The molecule has 0 aromatic heterocycles. The minimum atomic E-state index is -4.57. The van der Waals surface area contributed by atoms with Gasteiger partial charge in [0.2, 0.25) is 5.91 Å². The van der Waals surface area contributed by atoms with Gasteiger partial charge in [-0.3, -0.25) is 4.79 Å². The molecule has 0 saturated heterocycles. The number of carbonyl (C=O) groups is 1. The van der Waals surface area contributed by atoms with Crippen molar-refractivity contribution in [3.8, 4) is 0 Å². The molecule has 4 nitrogen and oxygen atoms in total. The molecule has 1 atom stereocenters. The number of rotatable bonds is 5. The lowest BCUT2D eigenvalue weighted by molar-refractivity contribution is -0.136. The van der Waals surface area contributed by atoms with Crippen LogP contribution in [-0.2, 0) is 11.0 Å². The molecule has 1 aromatic rings. The van der Waals surface area contributed by atoms with E-state index in [1.807, 2.05) is 0 Å². The van der Waals surface area contributed by atoms with Crippen molar-refractivity contribution in [1.29, 1.82) is 0 Å². The van der Waals surface area contributed by atoms with E-state index in [9.17, 15) is 18.0 Å². The van der Waals surface area contributed by atoms with Crippen LogP contribution in [0.1, 0.15) is 12.5 Å². The number of nitrogens with one attached hydrogen (secondary N) is 1. The second kappa shape index (κ2) is 6.85. The van der Waals surface area contributed by atoms with Crippen molar-refractivity contribution >= 4 is 29.0 Å². The maximum atomic E-state index is 12.7. The molecule has 0 spiro atoms. The molecule has 20 heavy (non-hydrogen) atoms. The number of anilines is 2. The van der Waals surface area contributed by atoms with E-state index >= 15 is 0 Å². The van der Waals surface area contributed by atoms with Crippen LogP contribution >= 0.6 is 11.8 Å². The number of hydrogen-bond donors (Lipinski definition) is 3. The summed E-state index contributed by atoms with van der Waals surface area (Å²) in [6.07, 6.45) is -4.57. The lowest BCUT2D eigenvalue weighted by Crippen LogP contribution is -2.23. The van der Waals surface area contributed by atoms with Crippen molar-refractivity contribution in [2.75, 3.05) is 23.4 Å². The number of amides is 1. The van der Waals surface area contributed by atoms with Gasteiger partial charge in [0.25, 0.3) is 0 Å². The first-order chi connectivity index (χ1) is 9.25. The van der Waals surface area contributed by atoms with Crippen molar-refractivity contribution in [1.82, 2.24) is 0 Å². The predicted octanol–water partition coefficient (Wildman–Crippen LogP) is 2.34. The monoisotopic (exact) mass is 308 g/mol. The van der Waals surface area contributed by atoms with Crippen molar-refractivity contribution in [3.63, 3.8) is 0 Å². The van der Waals surface area contributed by atoms with Crippen molar-refractivity contribution in [2.45, 2.75) is 18.3 Å². The molecular weight excluding hydrogens is 293 g/mol. The fourth-order valence-corrected chi connectivity index (χ4v) is 2.10. The number of benzene rings is 1. The van der Waals surface area contributed by atoms with Crippen LogP contribution in [0.3, 0.4) is 0 Å². The number of thioether (sulfide) groups is 1. The molecule has 1 rings (SSSR count). The summed E-state index contributed by atoms with van der Waals surface area (Å²) in [5, 5.41) is 10.6. The quantitative estimate of drug-likeness (QED) is 0.730. The van der Waals surface area contributed by atoms with Crippen molar-refractivity contribution in [3.05, 3.63) is 23.8 Å². The molecule has 1 unspecified atom stereocenters. The van der Waals surface area contributed by atoms with Gasteiger partial charge in [0.1, 0.15) is 0 Å². The molecule has 0 radical (unpaired) electrons. The molecule has 0 bridgehead atoms. The SMILES string of the molecule is CC(SCCO)C(=O)Nc1ccc(N)c(C(F)(F)F)c1. The number of aliphatic hydroxyl groups is 1. The van der Waals surface area contributed by atoms with E-state index in [4.69, 9.17) is 10.8 Å². The summed E-state index contributed by atoms with van der Waals surface area (Å²) in [6, 6.07) is 3.21. The summed E-state index contributed by atoms with van der Waals surface area (Å²) in [6.45, 7) is 1.54. The molecule has 4 N–H and O–H groups in total. The zero-order valence-electron chi connectivity index (χ0n) is 10.7. The Kier molecular flexibility index (Phi) is 5.70. The van der Waals surface area contributed by atoms with Gasteiger partial charge >= 0.3 is 6.18 Å². The number of carbonyl (C=O) groups excluding carboxylic acids is 1. The highest BCUT2D eigenvalue weighted by atomic mass is 32.2. The summed E-state index contributed by atoms with van der Waals surface area (Å²) in [4.78, 5) is 11.7. The summed E-state index contributed by atoms with van der Waals surface area (Å²) in [5.41, 5.74) is 3.93. The second-order valence-corrected chi connectivity index (χ2v) is 5.47. The van der Waals surface area contributed by atoms with E-state index in [0.717, 1.165) is 12.1 Å². The zero-order valence-corrected chi connectivity index (χ0v) is 11.5. The van der Waals surface area contributed by atoms with Crippen LogP contribution in [0.25, 0.3) is 0 Å². The molecule has 1 amide bonds. The van der Waals surface area contributed by atoms with Gasteiger partial charge in [0.05, 0.1) is 17.4 Å². The number of aliphatic hydroxyl groups excluding tert-OH is 1. The molecule has 8 heteroatoms. The third-order valence-electron chi connectivity index (χ3n) is 2.45. The first-order valence-electron chi connectivity index (χ1n) is 5.75. The average molecular weight is 308 g/mol. The zero-order chi connectivity index (χ0) is 15.3. The number of alkyl halides is 3. The first kappa shape index (κ1) is 16.6. The maximum absolute atomic E-state index is 12.7. The largest absolute Gasteiger partial charge is 0.418 e. The van der Waals surface area contributed by atoms with Gasteiger partial charge < -0.3 is 16.2 Å². The fourth-order valence-electron chi connectivity index (χ4n) is 1.43. The first-order valence-corrected chi connectivity index (χ1v) is 6.80. The van der Waals surface area contributed by atoms with E-state index in [1.54, 1.807) is 6.92 Å². The van der Waals surface area contributed by atoms with E-state index < -0.39 is 28.6 Å². The Labute approximate surface area is 118 Å². The van der Waals surface area contributed by atoms with Gasteiger partial charge in [-0.05, 0) is 25.1 Å². The molecule has 1 aromatic carbocycles. The second-order valence-electron chi connectivity index (χ2n) is 4.03. The smallest absolute Gasteiger partial charge is 0.398 e. The molecule has 0 saturated carbocycles. The van der Waals surface area contributed by atoms with E-state index in [2.05, 4.69) is 5.32 Å². The van der Waals surface area contributed by atoms with Crippen molar-refractivity contribution in [2.24, 2.45) is 0 Å². The Morgan fingerprint density at radius 1 is 1.50 bits per heavy atom. The van der Waals surface area contributed by atoms with Crippen LogP contribution in [0.15, 0.2) is 18.2 Å². The maximum Gasteiger partial charge on any atom is 0.418 e. The van der Waals surface area contributed by atoms with Crippen LogP contribution in [0.4, 0.5) is 24.5 Å². The van der Waals surface area contributed by atoms with Crippen LogP contribution in [-0.4, -0.2) is 28.6 Å². The summed E-state index contributed by atoms with van der Waals surface area (Å²) < 4.78 is 38.0. The predicted molar refractivity (Wildman–Crippen MR) is 73.5 cm³/mol. The Balaban J connectivity index is 2.81. The molecule has 0 fully saturated rings. The minimum Gasteiger partial charge on any atom is -0.398 e. The number of nitrogen functional groups attached to an aromatic ring is 1. The molecule has 0 heterocycles. The van der Waals surface area contributed by atoms with Gasteiger partial charge in [-0.25, -0.2) is 0 Å². The van der Waals surface area contributed by atoms with Crippen LogP contribution in [0, 0.1) is 0 Å². The number of halogens is 3. The lowest BCUT2D eigenvalue weighted by Gasteiger charge is -2.14.